The number of aliphatic hydroxyl groups is 1. The van der Waals surface area contributed by atoms with Gasteiger partial charge in [0, 0.05) is 24.4 Å². The third-order valence-corrected chi connectivity index (χ3v) is 3.86. The van der Waals surface area contributed by atoms with Crippen molar-refractivity contribution in [3.05, 3.63) is 30.3 Å². The summed E-state index contributed by atoms with van der Waals surface area (Å²) < 4.78 is 0. The lowest BCUT2D eigenvalue weighted by Crippen LogP contribution is -2.53. The van der Waals surface area contributed by atoms with Crippen LogP contribution in [0.15, 0.2) is 35.2 Å². The Morgan fingerprint density at radius 2 is 2.06 bits per heavy atom. The predicted molar refractivity (Wildman–Crippen MR) is 69.0 cm³/mol. The standard InChI is InChI=1S/C13H17NO2S/c15-11-9-14(10-11)13(16)7-4-8-17-12-5-2-1-3-6-12/h1-3,5-6,11,15H,4,7-10H2. The Bertz CT molecular complexity index is 363. The van der Waals surface area contributed by atoms with Gasteiger partial charge in [0.1, 0.15) is 0 Å². The number of aliphatic hydroxyl groups excluding tert-OH is 1. The fourth-order valence-corrected chi connectivity index (χ4v) is 2.62. The highest BCUT2D eigenvalue weighted by molar-refractivity contribution is 7.99. The molecule has 1 aromatic rings. The van der Waals surface area contributed by atoms with Crippen molar-refractivity contribution in [1.29, 1.82) is 0 Å². The van der Waals surface area contributed by atoms with Gasteiger partial charge in [0.25, 0.3) is 0 Å². The van der Waals surface area contributed by atoms with E-state index in [9.17, 15) is 4.79 Å². The first-order valence-electron chi connectivity index (χ1n) is 5.89. The van der Waals surface area contributed by atoms with Crippen molar-refractivity contribution >= 4 is 17.7 Å². The quantitative estimate of drug-likeness (QED) is 0.640. The van der Waals surface area contributed by atoms with Crippen LogP contribution in [0, 0.1) is 0 Å². The number of hydrogen-bond acceptors (Lipinski definition) is 3. The summed E-state index contributed by atoms with van der Waals surface area (Å²) in [7, 11) is 0. The Labute approximate surface area is 106 Å². The van der Waals surface area contributed by atoms with Crippen molar-refractivity contribution < 1.29 is 9.90 Å². The molecule has 2 rings (SSSR count). The van der Waals surface area contributed by atoms with Crippen LogP contribution >= 0.6 is 11.8 Å². The number of likely N-dealkylation sites (tertiary alicyclic amines) is 1. The number of thioether (sulfide) groups is 1. The van der Waals surface area contributed by atoms with Gasteiger partial charge in [-0.3, -0.25) is 4.79 Å². The van der Waals surface area contributed by atoms with Crippen LogP contribution in [0.1, 0.15) is 12.8 Å². The molecule has 1 heterocycles. The van der Waals surface area contributed by atoms with Crippen LogP contribution in [-0.4, -0.2) is 40.9 Å². The number of rotatable bonds is 5. The van der Waals surface area contributed by atoms with Crippen molar-refractivity contribution in [3.8, 4) is 0 Å². The Kier molecular flexibility index (Phi) is 4.45. The van der Waals surface area contributed by atoms with Crippen LogP contribution in [0.25, 0.3) is 0 Å². The molecule has 1 amide bonds. The Morgan fingerprint density at radius 1 is 1.35 bits per heavy atom. The van der Waals surface area contributed by atoms with Gasteiger partial charge in [-0.15, -0.1) is 11.8 Å². The van der Waals surface area contributed by atoms with Crippen LogP contribution in [0.2, 0.25) is 0 Å². The first-order valence-corrected chi connectivity index (χ1v) is 6.88. The second kappa shape index (κ2) is 6.07. The average Bonchev–Trinajstić information content (AvgIpc) is 2.32. The van der Waals surface area contributed by atoms with Crippen LogP contribution in [0.5, 0.6) is 0 Å². The summed E-state index contributed by atoms with van der Waals surface area (Å²) in [5, 5.41) is 9.09. The molecule has 1 aliphatic rings. The molecule has 0 saturated carbocycles. The summed E-state index contributed by atoms with van der Waals surface area (Å²) in [5.74, 6) is 1.13. The molecule has 0 atom stereocenters. The SMILES string of the molecule is O=C(CCCSc1ccccc1)N1CC(O)C1. The lowest BCUT2D eigenvalue weighted by atomic mass is 10.1. The molecule has 1 aliphatic heterocycles. The molecular weight excluding hydrogens is 234 g/mol. The molecule has 92 valence electrons. The molecule has 1 fully saturated rings. The third-order valence-electron chi connectivity index (χ3n) is 2.76. The first-order chi connectivity index (χ1) is 8.25. The molecule has 1 N–H and O–H groups in total. The van der Waals surface area contributed by atoms with Gasteiger partial charge in [0.15, 0.2) is 0 Å². The highest BCUT2D eigenvalue weighted by atomic mass is 32.2. The Hall–Kier alpha value is -1.00. The fourth-order valence-electron chi connectivity index (χ4n) is 1.75. The van der Waals surface area contributed by atoms with Gasteiger partial charge in [0.05, 0.1) is 6.10 Å². The van der Waals surface area contributed by atoms with Gasteiger partial charge >= 0.3 is 0 Å². The first kappa shape index (κ1) is 12.5. The number of carbonyl (C=O) groups is 1. The summed E-state index contributed by atoms with van der Waals surface area (Å²) in [6.45, 7) is 1.04. The molecule has 3 nitrogen and oxygen atoms in total. The van der Waals surface area contributed by atoms with E-state index >= 15 is 0 Å². The lowest BCUT2D eigenvalue weighted by Gasteiger charge is -2.35. The van der Waals surface area contributed by atoms with Crippen LogP contribution in [-0.2, 0) is 4.79 Å². The minimum absolute atomic E-state index is 0.170. The van der Waals surface area contributed by atoms with E-state index in [1.54, 1.807) is 16.7 Å². The molecule has 1 aromatic carbocycles. The van der Waals surface area contributed by atoms with Gasteiger partial charge in [-0.25, -0.2) is 0 Å². The number of carbonyl (C=O) groups excluding carboxylic acids is 1. The van der Waals surface area contributed by atoms with E-state index in [1.807, 2.05) is 18.2 Å². The van der Waals surface area contributed by atoms with Gasteiger partial charge in [0.2, 0.25) is 5.91 Å². The second-order valence-corrected chi connectivity index (χ2v) is 5.39. The minimum Gasteiger partial charge on any atom is -0.389 e. The third kappa shape index (κ3) is 3.75. The van der Waals surface area contributed by atoms with E-state index in [1.165, 1.54) is 4.90 Å². The molecule has 1 saturated heterocycles. The summed E-state index contributed by atoms with van der Waals surface area (Å²) in [5.41, 5.74) is 0. The van der Waals surface area contributed by atoms with Crippen LogP contribution in [0.4, 0.5) is 0 Å². The van der Waals surface area contributed by atoms with E-state index in [0.29, 0.717) is 19.5 Å². The maximum absolute atomic E-state index is 11.6. The van der Waals surface area contributed by atoms with E-state index in [4.69, 9.17) is 5.11 Å². The molecule has 0 bridgehead atoms. The largest absolute Gasteiger partial charge is 0.389 e. The second-order valence-electron chi connectivity index (χ2n) is 4.22. The lowest BCUT2D eigenvalue weighted by molar-refractivity contribution is -0.141. The zero-order valence-electron chi connectivity index (χ0n) is 9.71. The van der Waals surface area contributed by atoms with E-state index in [-0.39, 0.29) is 12.0 Å². The highest BCUT2D eigenvalue weighted by Gasteiger charge is 2.27. The van der Waals surface area contributed by atoms with Crippen LogP contribution < -0.4 is 0 Å². The van der Waals surface area contributed by atoms with Crippen molar-refractivity contribution in [2.75, 3.05) is 18.8 Å². The van der Waals surface area contributed by atoms with Crippen molar-refractivity contribution in [2.45, 2.75) is 23.8 Å². The Morgan fingerprint density at radius 3 is 2.71 bits per heavy atom. The van der Waals surface area contributed by atoms with Gasteiger partial charge in [-0.05, 0) is 24.3 Å². The topological polar surface area (TPSA) is 40.5 Å². The van der Waals surface area contributed by atoms with Crippen molar-refractivity contribution in [1.82, 2.24) is 4.90 Å². The molecule has 0 aliphatic carbocycles. The summed E-state index contributed by atoms with van der Waals surface area (Å²) in [6.07, 6.45) is 1.19. The number of β-amino-alcohol motifs (C(OH)–C–C–N with tert-alkyl or cyclic N) is 1. The minimum atomic E-state index is -0.294. The maximum Gasteiger partial charge on any atom is 0.222 e. The van der Waals surface area contributed by atoms with Gasteiger partial charge in [-0.2, -0.15) is 0 Å². The number of amides is 1. The number of hydrogen-bond donors (Lipinski definition) is 1. The maximum atomic E-state index is 11.6. The molecule has 17 heavy (non-hydrogen) atoms. The molecule has 0 unspecified atom stereocenters. The molecular formula is C13H17NO2S. The normalized spacial score (nSPS) is 15.7. The number of nitrogens with zero attached hydrogens (tertiary/aromatic N) is 1. The monoisotopic (exact) mass is 251 g/mol. The summed E-state index contributed by atoms with van der Waals surface area (Å²) >= 11 is 1.78. The van der Waals surface area contributed by atoms with E-state index < -0.39 is 0 Å². The molecule has 0 aromatic heterocycles. The average molecular weight is 251 g/mol. The summed E-state index contributed by atoms with van der Waals surface area (Å²) in [6, 6.07) is 10.2. The van der Waals surface area contributed by atoms with E-state index in [0.717, 1.165) is 12.2 Å². The molecule has 4 heteroatoms. The van der Waals surface area contributed by atoms with Gasteiger partial charge in [-0.1, -0.05) is 18.2 Å². The zero-order chi connectivity index (χ0) is 12.1. The van der Waals surface area contributed by atoms with Crippen molar-refractivity contribution in [2.24, 2.45) is 0 Å². The zero-order valence-corrected chi connectivity index (χ0v) is 10.5. The summed E-state index contributed by atoms with van der Waals surface area (Å²) in [4.78, 5) is 14.6. The number of benzene rings is 1. The smallest absolute Gasteiger partial charge is 0.222 e. The Balaban J connectivity index is 1.59. The van der Waals surface area contributed by atoms with Gasteiger partial charge < -0.3 is 10.0 Å². The van der Waals surface area contributed by atoms with E-state index in [2.05, 4.69) is 12.1 Å². The van der Waals surface area contributed by atoms with Crippen molar-refractivity contribution in [3.63, 3.8) is 0 Å². The van der Waals surface area contributed by atoms with Crippen LogP contribution in [0.3, 0.4) is 0 Å². The predicted octanol–water partition coefficient (Wildman–Crippen LogP) is 1.76. The molecule has 0 spiro atoms. The highest BCUT2D eigenvalue weighted by Crippen LogP contribution is 2.19. The fraction of sp³-hybridized carbons (Fsp3) is 0.462. The molecule has 0 radical (unpaired) electrons.